The summed E-state index contributed by atoms with van der Waals surface area (Å²) in [5.74, 6) is 0.0440. The lowest BCUT2D eigenvalue weighted by Gasteiger charge is -2.26. The lowest BCUT2D eigenvalue weighted by Crippen LogP contribution is -2.37. The van der Waals surface area contributed by atoms with E-state index in [0.29, 0.717) is 0 Å². The number of hydrogen-bond donors (Lipinski definition) is 1. The van der Waals surface area contributed by atoms with Crippen molar-refractivity contribution < 1.29 is 9.53 Å². The van der Waals surface area contributed by atoms with Crippen LogP contribution in [-0.2, 0) is 4.74 Å². The fraction of sp³-hybridized carbons (Fsp3) is 0.588. The molecule has 1 aliphatic rings. The summed E-state index contributed by atoms with van der Waals surface area (Å²) < 4.78 is 5.33. The van der Waals surface area contributed by atoms with Crippen LogP contribution in [0.2, 0.25) is 0 Å². The first-order valence-electron chi connectivity index (χ1n) is 7.83. The van der Waals surface area contributed by atoms with Gasteiger partial charge in [0.2, 0.25) is 0 Å². The van der Waals surface area contributed by atoms with Crippen LogP contribution in [0.15, 0.2) is 18.2 Å². The van der Waals surface area contributed by atoms with Gasteiger partial charge in [0.05, 0.1) is 13.2 Å². The molecular formula is C17H26N2O2. The molecule has 0 saturated carbocycles. The Kier molecular flexibility index (Phi) is 6.21. The Morgan fingerprint density at radius 2 is 2.00 bits per heavy atom. The molecule has 0 atom stereocenters. The monoisotopic (exact) mass is 290 g/mol. The molecule has 4 heteroatoms. The van der Waals surface area contributed by atoms with Gasteiger partial charge in [-0.3, -0.25) is 9.69 Å². The van der Waals surface area contributed by atoms with E-state index in [1.165, 1.54) is 0 Å². The molecule has 4 nitrogen and oxygen atoms in total. The third-order valence-corrected chi connectivity index (χ3v) is 4.14. The zero-order valence-corrected chi connectivity index (χ0v) is 13.2. The number of morpholine rings is 1. The van der Waals surface area contributed by atoms with Crippen molar-refractivity contribution in [1.82, 2.24) is 10.2 Å². The third-order valence-electron chi connectivity index (χ3n) is 4.14. The van der Waals surface area contributed by atoms with Gasteiger partial charge in [0, 0.05) is 25.2 Å². The highest BCUT2D eigenvalue weighted by Gasteiger charge is 2.11. The molecule has 0 spiro atoms. The van der Waals surface area contributed by atoms with Crippen LogP contribution in [-0.4, -0.2) is 50.2 Å². The fourth-order valence-corrected chi connectivity index (χ4v) is 2.58. The number of nitrogens with zero attached hydrogens (tertiary/aromatic N) is 1. The Morgan fingerprint density at radius 1 is 1.24 bits per heavy atom. The van der Waals surface area contributed by atoms with Gasteiger partial charge in [0.25, 0.3) is 5.91 Å². The summed E-state index contributed by atoms with van der Waals surface area (Å²) in [6.45, 7) is 9.66. The van der Waals surface area contributed by atoms with Gasteiger partial charge < -0.3 is 10.1 Å². The topological polar surface area (TPSA) is 41.6 Å². The van der Waals surface area contributed by atoms with Crippen LogP contribution >= 0.6 is 0 Å². The highest BCUT2D eigenvalue weighted by Crippen LogP contribution is 2.12. The number of nitrogens with one attached hydrogen (secondary N) is 1. The molecule has 1 saturated heterocycles. The largest absolute Gasteiger partial charge is 0.379 e. The van der Waals surface area contributed by atoms with Gasteiger partial charge in [-0.05, 0) is 50.4 Å². The Bertz CT molecular complexity index is 468. The molecule has 0 unspecified atom stereocenters. The molecule has 1 aliphatic heterocycles. The summed E-state index contributed by atoms with van der Waals surface area (Å²) in [5.41, 5.74) is 3.03. The molecule has 1 amide bonds. The van der Waals surface area contributed by atoms with Gasteiger partial charge in [-0.15, -0.1) is 0 Å². The van der Waals surface area contributed by atoms with E-state index in [0.717, 1.165) is 68.9 Å². The molecule has 0 bridgehead atoms. The number of carbonyl (C=O) groups excluding carboxylic acids is 1. The van der Waals surface area contributed by atoms with Gasteiger partial charge in [-0.2, -0.15) is 0 Å². The van der Waals surface area contributed by atoms with Gasteiger partial charge >= 0.3 is 0 Å². The van der Waals surface area contributed by atoms with Crippen LogP contribution in [0.25, 0.3) is 0 Å². The molecule has 2 rings (SSSR count). The zero-order chi connectivity index (χ0) is 15.1. The quantitative estimate of drug-likeness (QED) is 0.816. The SMILES string of the molecule is Cc1cccc(C(=O)NCCCCN2CCOCC2)c1C. The molecule has 0 radical (unpaired) electrons. The first-order chi connectivity index (χ1) is 10.2. The summed E-state index contributed by atoms with van der Waals surface area (Å²) in [6, 6.07) is 5.87. The lowest BCUT2D eigenvalue weighted by atomic mass is 10.0. The number of unbranched alkanes of at least 4 members (excludes halogenated alkanes) is 1. The predicted molar refractivity (Wildman–Crippen MR) is 84.7 cm³/mol. The molecule has 1 fully saturated rings. The van der Waals surface area contributed by atoms with E-state index < -0.39 is 0 Å². The van der Waals surface area contributed by atoms with Crippen LogP contribution in [0.5, 0.6) is 0 Å². The van der Waals surface area contributed by atoms with Crippen molar-refractivity contribution in [3.05, 3.63) is 34.9 Å². The van der Waals surface area contributed by atoms with Crippen molar-refractivity contribution in [2.24, 2.45) is 0 Å². The highest BCUT2D eigenvalue weighted by molar-refractivity contribution is 5.95. The maximum atomic E-state index is 12.1. The summed E-state index contributed by atoms with van der Waals surface area (Å²) in [6.07, 6.45) is 2.14. The maximum absolute atomic E-state index is 12.1. The summed E-state index contributed by atoms with van der Waals surface area (Å²) >= 11 is 0. The van der Waals surface area contributed by atoms with Crippen LogP contribution in [0.4, 0.5) is 0 Å². The van der Waals surface area contributed by atoms with E-state index in [2.05, 4.69) is 10.2 Å². The average Bonchev–Trinajstić information content (AvgIpc) is 2.50. The minimum atomic E-state index is 0.0440. The normalized spacial score (nSPS) is 15.9. The number of hydrogen-bond acceptors (Lipinski definition) is 3. The maximum Gasteiger partial charge on any atom is 0.251 e. The van der Waals surface area contributed by atoms with E-state index >= 15 is 0 Å². The molecule has 1 heterocycles. The van der Waals surface area contributed by atoms with Gasteiger partial charge in [-0.25, -0.2) is 0 Å². The van der Waals surface area contributed by atoms with E-state index in [-0.39, 0.29) is 5.91 Å². The van der Waals surface area contributed by atoms with Crippen molar-refractivity contribution in [2.45, 2.75) is 26.7 Å². The van der Waals surface area contributed by atoms with Gasteiger partial charge in [0.1, 0.15) is 0 Å². The van der Waals surface area contributed by atoms with E-state index in [1.807, 2.05) is 32.0 Å². The molecule has 1 aromatic rings. The number of aryl methyl sites for hydroxylation is 1. The number of carbonyl (C=O) groups is 1. The summed E-state index contributed by atoms with van der Waals surface area (Å²) in [7, 11) is 0. The molecular weight excluding hydrogens is 264 g/mol. The first kappa shape index (κ1) is 16.0. The van der Waals surface area contributed by atoms with E-state index in [1.54, 1.807) is 0 Å². The molecule has 0 aliphatic carbocycles. The minimum absolute atomic E-state index is 0.0440. The zero-order valence-electron chi connectivity index (χ0n) is 13.2. The number of ether oxygens (including phenoxy) is 1. The molecule has 1 aromatic carbocycles. The van der Waals surface area contributed by atoms with E-state index in [9.17, 15) is 4.79 Å². The Labute approximate surface area is 127 Å². The molecule has 21 heavy (non-hydrogen) atoms. The second kappa shape index (κ2) is 8.15. The Balaban J connectivity index is 1.66. The van der Waals surface area contributed by atoms with Crippen molar-refractivity contribution >= 4 is 5.91 Å². The van der Waals surface area contributed by atoms with Crippen molar-refractivity contribution in [3.63, 3.8) is 0 Å². The average molecular weight is 290 g/mol. The van der Waals surface area contributed by atoms with Crippen molar-refractivity contribution in [3.8, 4) is 0 Å². The molecule has 1 N–H and O–H groups in total. The second-order valence-electron chi connectivity index (χ2n) is 5.66. The van der Waals surface area contributed by atoms with Crippen LogP contribution in [0.1, 0.15) is 34.3 Å². The fourth-order valence-electron chi connectivity index (χ4n) is 2.58. The number of benzene rings is 1. The van der Waals surface area contributed by atoms with Gasteiger partial charge in [0.15, 0.2) is 0 Å². The number of rotatable bonds is 6. The standard InChI is InChI=1S/C17H26N2O2/c1-14-6-5-7-16(15(14)2)17(20)18-8-3-4-9-19-10-12-21-13-11-19/h5-7H,3-4,8-13H2,1-2H3,(H,18,20). The van der Waals surface area contributed by atoms with Gasteiger partial charge in [-0.1, -0.05) is 12.1 Å². The molecule has 116 valence electrons. The van der Waals surface area contributed by atoms with Crippen molar-refractivity contribution in [1.29, 1.82) is 0 Å². The smallest absolute Gasteiger partial charge is 0.251 e. The lowest BCUT2D eigenvalue weighted by molar-refractivity contribution is 0.0372. The van der Waals surface area contributed by atoms with Crippen LogP contribution < -0.4 is 5.32 Å². The van der Waals surface area contributed by atoms with Crippen LogP contribution in [0, 0.1) is 13.8 Å². The molecule has 0 aromatic heterocycles. The van der Waals surface area contributed by atoms with E-state index in [4.69, 9.17) is 4.74 Å². The second-order valence-corrected chi connectivity index (χ2v) is 5.66. The minimum Gasteiger partial charge on any atom is -0.379 e. The van der Waals surface area contributed by atoms with Crippen molar-refractivity contribution in [2.75, 3.05) is 39.4 Å². The third kappa shape index (κ3) is 4.83. The number of amides is 1. The predicted octanol–water partition coefficient (Wildman–Crippen LogP) is 2.15. The first-order valence-corrected chi connectivity index (χ1v) is 7.83. The Morgan fingerprint density at radius 3 is 2.76 bits per heavy atom. The highest BCUT2D eigenvalue weighted by atomic mass is 16.5. The Hall–Kier alpha value is -1.39. The van der Waals surface area contributed by atoms with Crippen LogP contribution in [0.3, 0.4) is 0 Å². The summed E-state index contributed by atoms with van der Waals surface area (Å²) in [5, 5.41) is 3.02. The summed E-state index contributed by atoms with van der Waals surface area (Å²) in [4.78, 5) is 14.6.